The molecule has 0 aliphatic rings. The van der Waals surface area contributed by atoms with E-state index in [-0.39, 0.29) is 5.91 Å². The Morgan fingerprint density at radius 1 is 1.77 bits per heavy atom. The molecule has 0 aromatic carbocycles. The minimum Gasteiger partial charge on any atom is -0.356 e. The van der Waals surface area contributed by atoms with Gasteiger partial charge < -0.3 is 5.32 Å². The zero-order valence-electron chi connectivity index (χ0n) is 7.67. The molecular weight excluding hydrogens is 190 g/mol. The zero-order chi connectivity index (χ0) is 9.84. The maximum absolute atomic E-state index is 11.2. The zero-order valence-corrected chi connectivity index (χ0v) is 8.43. The van der Waals surface area contributed by atoms with Crippen LogP contribution in [-0.2, 0) is 18.3 Å². The summed E-state index contributed by atoms with van der Waals surface area (Å²) in [6.45, 7) is 2.51. The number of hydrogen-bond acceptors (Lipinski definition) is 2. The van der Waals surface area contributed by atoms with E-state index in [0.29, 0.717) is 18.1 Å². The van der Waals surface area contributed by atoms with Crippen LogP contribution in [0.15, 0.2) is 6.20 Å². The summed E-state index contributed by atoms with van der Waals surface area (Å²) in [5.74, 6) is -0.0302. The summed E-state index contributed by atoms with van der Waals surface area (Å²) in [6, 6.07) is 0. The third-order valence-corrected chi connectivity index (χ3v) is 1.90. The average Bonchev–Trinajstić information content (AvgIpc) is 2.30. The molecule has 0 atom stereocenters. The Balaban J connectivity index is 2.63. The van der Waals surface area contributed by atoms with Gasteiger partial charge in [-0.2, -0.15) is 5.10 Å². The lowest BCUT2D eigenvalue weighted by Crippen LogP contribution is -2.24. The van der Waals surface area contributed by atoms with Crippen molar-refractivity contribution in [2.24, 2.45) is 7.05 Å². The number of rotatable bonds is 3. The van der Waals surface area contributed by atoms with Crippen LogP contribution in [0.25, 0.3) is 0 Å². The largest absolute Gasteiger partial charge is 0.356 e. The van der Waals surface area contributed by atoms with Crippen molar-refractivity contribution in [1.29, 1.82) is 0 Å². The lowest BCUT2D eigenvalue weighted by atomic mass is 10.2. The molecule has 0 spiro atoms. The number of likely N-dealkylation sites (N-methyl/N-ethyl adjacent to an activating group) is 1. The molecule has 1 N–H and O–H groups in total. The highest BCUT2D eigenvalue weighted by atomic mass is 35.5. The summed E-state index contributed by atoms with van der Waals surface area (Å²) < 4.78 is 1.59. The van der Waals surface area contributed by atoms with Crippen molar-refractivity contribution in [3.8, 4) is 0 Å². The van der Waals surface area contributed by atoms with E-state index in [2.05, 4.69) is 10.4 Å². The van der Waals surface area contributed by atoms with Crippen LogP contribution in [0.4, 0.5) is 0 Å². The van der Waals surface area contributed by atoms with Gasteiger partial charge in [0.05, 0.1) is 6.42 Å². The summed E-state index contributed by atoms with van der Waals surface area (Å²) in [6.07, 6.45) is 2.04. The predicted octanol–water partition coefficient (Wildman–Crippen LogP) is 0.752. The molecule has 72 valence electrons. The van der Waals surface area contributed by atoms with Crippen LogP contribution in [0.2, 0.25) is 5.15 Å². The molecule has 0 radical (unpaired) electrons. The van der Waals surface area contributed by atoms with Crippen LogP contribution in [0.3, 0.4) is 0 Å². The Bertz CT molecular complexity index is 308. The van der Waals surface area contributed by atoms with Crippen LogP contribution in [0, 0.1) is 0 Å². The number of carbonyl (C=O) groups is 1. The number of aryl methyl sites for hydroxylation is 1. The van der Waals surface area contributed by atoms with Crippen molar-refractivity contribution in [2.75, 3.05) is 6.54 Å². The molecular formula is C8H12ClN3O. The van der Waals surface area contributed by atoms with E-state index in [4.69, 9.17) is 11.6 Å². The van der Waals surface area contributed by atoms with Gasteiger partial charge in [0.1, 0.15) is 0 Å². The molecule has 1 rings (SSSR count). The van der Waals surface area contributed by atoms with E-state index < -0.39 is 0 Å². The van der Waals surface area contributed by atoms with Crippen molar-refractivity contribution < 1.29 is 4.79 Å². The lowest BCUT2D eigenvalue weighted by molar-refractivity contribution is -0.120. The average molecular weight is 202 g/mol. The standard InChI is InChI=1S/C8H12ClN3O/c1-3-10-7(13)4-6-5-12(2)11-8(6)9/h5H,3-4H2,1-2H3,(H,10,13). The van der Waals surface area contributed by atoms with Gasteiger partial charge in [-0.1, -0.05) is 11.6 Å². The highest BCUT2D eigenvalue weighted by molar-refractivity contribution is 6.30. The minimum atomic E-state index is -0.0302. The molecule has 0 saturated heterocycles. The second kappa shape index (κ2) is 4.28. The molecule has 1 amide bonds. The number of carbonyl (C=O) groups excluding carboxylic acids is 1. The molecule has 0 unspecified atom stereocenters. The summed E-state index contributed by atoms with van der Waals surface area (Å²) in [7, 11) is 1.77. The van der Waals surface area contributed by atoms with Gasteiger partial charge >= 0.3 is 0 Å². The molecule has 1 heterocycles. The van der Waals surface area contributed by atoms with Gasteiger partial charge in [-0.15, -0.1) is 0 Å². The third kappa shape index (κ3) is 2.73. The first-order valence-corrected chi connectivity index (χ1v) is 4.46. The first kappa shape index (κ1) is 10.1. The van der Waals surface area contributed by atoms with Gasteiger partial charge in [0.15, 0.2) is 5.15 Å². The Morgan fingerprint density at radius 3 is 2.92 bits per heavy atom. The van der Waals surface area contributed by atoms with E-state index in [1.54, 1.807) is 17.9 Å². The molecule has 0 fully saturated rings. The van der Waals surface area contributed by atoms with Crippen molar-refractivity contribution >= 4 is 17.5 Å². The number of nitrogens with one attached hydrogen (secondary N) is 1. The lowest BCUT2D eigenvalue weighted by Gasteiger charge is -1.98. The van der Waals surface area contributed by atoms with E-state index in [1.807, 2.05) is 6.92 Å². The van der Waals surface area contributed by atoms with Gasteiger partial charge in [-0.05, 0) is 6.92 Å². The summed E-state index contributed by atoms with van der Waals surface area (Å²) in [4.78, 5) is 11.2. The van der Waals surface area contributed by atoms with Gasteiger partial charge in [0, 0.05) is 25.4 Å². The molecule has 5 heteroatoms. The summed E-state index contributed by atoms with van der Waals surface area (Å²) >= 11 is 5.78. The van der Waals surface area contributed by atoms with Crippen LogP contribution in [-0.4, -0.2) is 22.2 Å². The maximum atomic E-state index is 11.2. The van der Waals surface area contributed by atoms with Crippen molar-refractivity contribution in [3.63, 3.8) is 0 Å². The van der Waals surface area contributed by atoms with Crippen molar-refractivity contribution in [3.05, 3.63) is 16.9 Å². The first-order chi connectivity index (χ1) is 6.13. The van der Waals surface area contributed by atoms with Crippen LogP contribution in [0.1, 0.15) is 12.5 Å². The fourth-order valence-electron chi connectivity index (χ4n) is 1.06. The van der Waals surface area contributed by atoms with Crippen molar-refractivity contribution in [1.82, 2.24) is 15.1 Å². The number of amides is 1. The van der Waals surface area contributed by atoms with Crippen molar-refractivity contribution in [2.45, 2.75) is 13.3 Å². The fourth-order valence-corrected chi connectivity index (χ4v) is 1.30. The molecule has 0 saturated carbocycles. The second-order valence-electron chi connectivity index (χ2n) is 2.75. The van der Waals surface area contributed by atoms with Gasteiger partial charge in [-0.3, -0.25) is 9.48 Å². The Morgan fingerprint density at radius 2 is 2.46 bits per heavy atom. The first-order valence-electron chi connectivity index (χ1n) is 4.08. The maximum Gasteiger partial charge on any atom is 0.224 e. The van der Waals surface area contributed by atoms with E-state index >= 15 is 0 Å². The highest BCUT2D eigenvalue weighted by Gasteiger charge is 2.08. The molecule has 4 nitrogen and oxygen atoms in total. The van der Waals surface area contributed by atoms with E-state index in [9.17, 15) is 4.79 Å². The van der Waals surface area contributed by atoms with Crippen LogP contribution < -0.4 is 5.32 Å². The Kier molecular flexibility index (Phi) is 3.31. The Labute approximate surface area is 81.9 Å². The molecule has 1 aromatic rings. The van der Waals surface area contributed by atoms with E-state index in [1.165, 1.54) is 0 Å². The number of nitrogens with zero attached hydrogens (tertiary/aromatic N) is 2. The van der Waals surface area contributed by atoms with Crippen LogP contribution in [0.5, 0.6) is 0 Å². The van der Waals surface area contributed by atoms with E-state index in [0.717, 1.165) is 5.56 Å². The Hall–Kier alpha value is -1.03. The summed E-state index contributed by atoms with van der Waals surface area (Å²) in [5.41, 5.74) is 0.759. The topological polar surface area (TPSA) is 46.9 Å². The molecule has 0 bridgehead atoms. The number of hydrogen-bond donors (Lipinski definition) is 1. The van der Waals surface area contributed by atoms with Crippen LogP contribution >= 0.6 is 11.6 Å². The normalized spacial score (nSPS) is 10.1. The predicted molar refractivity (Wildman–Crippen MR) is 50.6 cm³/mol. The number of aromatic nitrogens is 2. The SMILES string of the molecule is CCNC(=O)Cc1cn(C)nc1Cl. The fraction of sp³-hybridized carbons (Fsp3) is 0.500. The monoisotopic (exact) mass is 201 g/mol. The highest BCUT2D eigenvalue weighted by Crippen LogP contribution is 2.12. The molecule has 0 aliphatic carbocycles. The van der Waals surface area contributed by atoms with Gasteiger partial charge in [-0.25, -0.2) is 0 Å². The molecule has 13 heavy (non-hydrogen) atoms. The minimum absolute atomic E-state index is 0.0302. The third-order valence-electron chi connectivity index (χ3n) is 1.58. The number of halogens is 1. The van der Waals surface area contributed by atoms with Gasteiger partial charge in [0.25, 0.3) is 0 Å². The quantitative estimate of drug-likeness (QED) is 0.785. The smallest absolute Gasteiger partial charge is 0.224 e. The summed E-state index contributed by atoms with van der Waals surface area (Å²) in [5, 5.41) is 7.02. The molecule has 0 aliphatic heterocycles. The molecule has 1 aromatic heterocycles. The van der Waals surface area contributed by atoms with Gasteiger partial charge in [0.2, 0.25) is 5.91 Å². The second-order valence-corrected chi connectivity index (χ2v) is 3.11.